The molecule has 0 bridgehead atoms. The smallest absolute Gasteiger partial charge is 0.123 e. The molecule has 3 nitrogen and oxygen atoms in total. The quantitative estimate of drug-likeness (QED) is 0.0187. The van der Waals surface area contributed by atoms with E-state index in [4.69, 9.17) is 9.47 Å². The van der Waals surface area contributed by atoms with Crippen LogP contribution in [0, 0.1) is 0 Å². The van der Waals surface area contributed by atoms with E-state index in [0.717, 1.165) is 56.2 Å². The Kier molecular flexibility index (Phi) is 8.94. The number of likely N-dealkylation sites (tertiary alicyclic amines) is 1. The Labute approximate surface area is 668 Å². The zero-order valence-electron chi connectivity index (χ0n) is 65.7. The van der Waals surface area contributed by atoms with Gasteiger partial charge in [0.15, 0.2) is 0 Å². The van der Waals surface area contributed by atoms with Crippen molar-refractivity contribution in [2.75, 3.05) is 19.8 Å². The first-order valence-corrected chi connectivity index (χ1v) is 45.8. The van der Waals surface area contributed by atoms with Crippen LogP contribution in [0.3, 0.4) is 0 Å². The van der Waals surface area contributed by atoms with Crippen LogP contribution in [-0.4, -0.2) is 24.7 Å². The van der Waals surface area contributed by atoms with Crippen molar-refractivity contribution in [2.45, 2.75) is 166 Å². The Hall–Kier alpha value is -11.6. The fourth-order valence-electron chi connectivity index (χ4n) is 32.5. The molecule has 1 atom stereocenters. The van der Waals surface area contributed by atoms with Gasteiger partial charge in [-0.15, -0.1) is 5.73 Å². The third-order valence-electron chi connectivity index (χ3n) is 35.4. The fraction of sp³-hybridized carbons (Fsp3) is 0.254. The van der Waals surface area contributed by atoms with Gasteiger partial charge in [-0.25, -0.2) is 0 Å². The third kappa shape index (κ3) is 5.19. The average molecular weight is 1490 g/mol. The van der Waals surface area contributed by atoms with Crippen molar-refractivity contribution in [3.8, 4) is 11.5 Å². The van der Waals surface area contributed by atoms with Crippen molar-refractivity contribution < 1.29 is 9.47 Å². The second kappa shape index (κ2) is 18.0. The molecule has 3 heteroatoms. The van der Waals surface area contributed by atoms with Crippen LogP contribution in [0.4, 0.5) is 0 Å². The Bertz CT molecular complexity index is 9200. The second-order valence-electron chi connectivity index (χ2n) is 39.8. The van der Waals surface area contributed by atoms with E-state index in [2.05, 4.69) is 128 Å². The van der Waals surface area contributed by atoms with E-state index < -0.39 is 10.8 Å². The van der Waals surface area contributed by atoms with E-state index in [9.17, 15) is 0 Å². The number of allylic oxidation sites excluding steroid dienone is 4. The highest BCUT2D eigenvalue weighted by Crippen LogP contribution is 2.87. The molecule has 5 aliphatic carbocycles. The van der Waals surface area contributed by atoms with Gasteiger partial charge in [-0.2, -0.15) is 0 Å². The molecule has 1 aliphatic heterocycles. The predicted molar refractivity (Wildman–Crippen MR) is 500 cm³/mol. The van der Waals surface area contributed by atoms with Crippen molar-refractivity contribution in [1.82, 2.24) is 4.90 Å². The van der Waals surface area contributed by atoms with Gasteiger partial charge in [0.1, 0.15) is 11.5 Å². The van der Waals surface area contributed by atoms with E-state index in [1.165, 1.54) is 143 Å². The number of hydrogen-bond donors (Lipinski definition) is 0. The first-order chi connectivity index (χ1) is 58.2. The lowest BCUT2D eigenvalue weighted by Crippen LogP contribution is -2.51. The third-order valence-corrected chi connectivity index (χ3v) is 35.4. The summed E-state index contributed by atoms with van der Waals surface area (Å²) in [6.07, 6.45) is 41.4. The van der Waals surface area contributed by atoms with Gasteiger partial charge < -0.3 is 9.47 Å². The van der Waals surface area contributed by atoms with Gasteiger partial charge in [0.2, 0.25) is 0 Å². The van der Waals surface area contributed by atoms with Gasteiger partial charge in [-0.1, -0.05) is 202 Å². The summed E-state index contributed by atoms with van der Waals surface area (Å²) in [5.41, 5.74) is 16.8. The SMILES string of the molecule is CCCCCCCCCCCCOc1cc(CN2CC34c5c6c7c8c9c%10c(c%11c%12c3c3c5c5c%13c6c6c7c7c9c9c%14c%10c%10c%11c%11c%12c%12c3c3c5c5c%13c%13c6c6c7c9c7c9c%14c%10c%10c%11c%11c%12c3c3c5c5c%13c6c7c6c9c%10c%11c3c56)C84C2c2ccc(/C=C/c3ccc(/C=C\C4=C=CC=C4)cc3)cc2)cc(OCCCCCCCCCCCC)c1. The van der Waals surface area contributed by atoms with Crippen molar-refractivity contribution >= 4 is 309 Å². The maximum absolute atomic E-state index is 7.19. The first kappa shape index (κ1) is 58.3. The van der Waals surface area contributed by atoms with Crippen LogP contribution in [0.1, 0.15) is 198 Å². The van der Waals surface area contributed by atoms with E-state index in [1.807, 2.05) is 6.08 Å². The lowest BCUT2D eigenvalue weighted by atomic mass is 9.47. The number of ether oxygens (including phenoxy) is 2. The van der Waals surface area contributed by atoms with Crippen LogP contribution in [0.5, 0.6) is 11.5 Å². The topological polar surface area (TPSA) is 21.7 Å². The molecule has 0 saturated carbocycles. The van der Waals surface area contributed by atoms with Crippen LogP contribution in [0.15, 0.2) is 102 Å². The summed E-state index contributed by atoms with van der Waals surface area (Å²) < 4.78 is 14.4. The first-order valence-electron chi connectivity index (χ1n) is 45.8. The Morgan fingerprint density at radius 2 is 0.573 bits per heavy atom. The van der Waals surface area contributed by atoms with Crippen molar-refractivity contribution in [1.29, 1.82) is 0 Å². The molecule has 31 aromatic rings. The van der Waals surface area contributed by atoms with E-state index >= 15 is 0 Å². The molecule has 37 rings (SSSR count). The molecule has 2 spiro atoms. The molecule has 1 fully saturated rings. The highest BCUT2D eigenvalue weighted by atomic mass is 16.5. The summed E-state index contributed by atoms with van der Waals surface area (Å²) in [5.74, 6) is 1.95. The number of rotatable bonds is 31. The summed E-state index contributed by atoms with van der Waals surface area (Å²) in [6, 6.07) is 26.6. The van der Waals surface area contributed by atoms with Gasteiger partial charge in [-0.05, 0) is 384 Å². The van der Waals surface area contributed by atoms with Crippen molar-refractivity contribution in [2.24, 2.45) is 0 Å². The van der Waals surface area contributed by atoms with Gasteiger partial charge >= 0.3 is 0 Å². The molecule has 1 unspecified atom stereocenters. The average Bonchev–Trinajstić information content (AvgIpc) is 1.38. The predicted octanol–water partition coefficient (Wildman–Crippen LogP) is 32.0. The second-order valence-corrected chi connectivity index (χ2v) is 39.8. The molecule has 1 heterocycles. The Morgan fingerprint density at radius 3 is 0.863 bits per heavy atom. The maximum atomic E-state index is 7.19. The van der Waals surface area contributed by atoms with Crippen molar-refractivity contribution in [3.05, 3.63) is 152 Å². The molecule has 0 aromatic heterocycles. The molecule has 0 amide bonds. The summed E-state index contributed by atoms with van der Waals surface area (Å²) >= 11 is 0. The Balaban J connectivity index is 0.635. The molecule has 117 heavy (non-hydrogen) atoms. The van der Waals surface area contributed by atoms with Gasteiger partial charge in [-0.3, -0.25) is 4.90 Å². The van der Waals surface area contributed by atoms with E-state index in [-0.39, 0.29) is 6.04 Å². The van der Waals surface area contributed by atoms with Gasteiger partial charge in [0.25, 0.3) is 0 Å². The van der Waals surface area contributed by atoms with Crippen LogP contribution < -0.4 is 9.47 Å². The number of unbranched alkanes of at least 4 members (excludes halogenated alkanes) is 18. The minimum atomic E-state index is -0.523. The lowest BCUT2D eigenvalue weighted by Gasteiger charge is -2.52. The molecule has 1 saturated heterocycles. The summed E-state index contributed by atoms with van der Waals surface area (Å²) in [6.45, 7) is 7.81. The standard InChI is InChI=1S/C114H73NO2/c1-3-5-7-9-11-13-15-17-19-23-39-116-52-41-50(42-53(43-52)117-40-24-20-18-16-14-12-10-8-6-4-2)44-115-45-113-108-100-92-82-72-64-56-54-55-58-62-60(56)68-76-70(62)80-74-66(58)67-59(55)63-61-57(54)65(64)73-79-69(61)77-71(63)81-75(67)85-84(74)96-90(80)98-88(76)94(86(92)78(68)72)102(108)104(98)110-106(96)107-97(85)91(81)99-89(77)95-87(79)93(83(73)82)101(100)109(113)103(95)105(99)111(107)114(110,113)112(115)51-37-35-49(36-38-51)34-33-48-31-29-47(30-32-48)28-27-46-25-21-22-26-46/h21-22,25,27-38,41-43,112H,3-20,23-24,39-40,44-45H2,1-2H3/b28-27-,34-33+. The summed E-state index contributed by atoms with van der Waals surface area (Å²) in [7, 11) is 0. The van der Waals surface area contributed by atoms with Crippen LogP contribution in [-0.2, 0) is 17.4 Å². The number of nitrogens with zero attached hydrogens (tertiary/aromatic N) is 1. The minimum absolute atomic E-state index is 0.0508. The lowest BCUT2D eigenvalue weighted by molar-refractivity contribution is 0.217. The molecule has 31 aromatic carbocycles. The van der Waals surface area contributed by atoms with Crippen LogP contribution >= 0.6 is 0 Å². The number of benzene rings is 21. The highest BCUT2D eigenvalue weighted by molar-refractivity contribution is 6.82. The number of hydrogen-bond acceptors (Lipinski definition) is 3. The maximum Gasteiger partial charge on any atom is 0.123 e. The van der Waals surface area contributed by atoms with Crippen LogP contribution in [0.25, 0.3) is 309 Å². The van der Waals surface area contributed by atoms with Gasteiger partial charge in [0.05, 0.1) is 30.1 Å². The fourth-order valence-corrected chi connectivity index (χ4v) is 32.5. The molecule has 0 radical (unpaired) electrons. The molecule has 546 valence electrons. The zero-order valence-corrected chi connectivity index (χ0v) is 65.7. The van der Waals surface area contributed by atoms with E-state index in [1.54, 1.807) is 313 Å². The normalized spacial score (nSPS) is 19.5. The monoisotopic (exact) mass is 1490 g/mol. The summed E-state index contributed by atoms with van der Waals surface area (Å²) in [5, 5.41) is 89.1. The molecular weight excluding hydrogens is 1420 g/mol. The Morgan fingerprint density at radius 1 is 0.308 bits per heavy atom. The highest BCUT2D eigenvalue weighted by Gasteiger charge is 2.76. The molecular formula is C114H73NO2. The minimum Gasteiger partial charge on any atom is -0.493 e. The van der Waals surface area contributed by atoms with Crippen molar-refractivity contribution in [3.63, 3.8) is 0 Å². The zero-order chi connectivity index (χ0) is 74.1. The van der Waals surface area contributed by atoms with E-state index in [0.29, 0.717) is 0 Å². The van der Waals surface area contributed by atoms with Crippen LogP contribution in [0.2, 0.25) is 0 Å². The molecule has 6 aliphatic rings. The van der Waals surface area contributed by atoms with Gasteiger partial charge in [0, 0.05) is 24.7 Å². The largest absolute Gasteiger partial charge is 0.493 e. The summed E-state index contributed by atoms with van der Waals surface area (Å²) in [4.78, 5) is 3.16. The molecule has 0 N–H and O–H groups in total.